The Kier molecular flexibility index (Phi) is 8.84. The topological polar surface area (TPSA) is 0 Å². The number of hydrogen-bond donors (Lipinski definition) is 0. The van der Waals surface area contributed by atoms with E-state index in [-0.39, 0.29) is 40.9 Å². The summed E-state index contributed by atoms with van der Waals surface area (Å²) in [5.41, 5.74) is 9.86. The summed E-state index contributed by atoms with van der Waals surface area (Å²) in [6.45, 7) is 4.68. The van der Waals surface area contributed by atoms with Gasteiger partial charge in [-0.25, -0.2) is 0 Å². The van der Waals surface area contributed by atoms with Gasteiger partial charge in [-0.15, -0.1) is 37.2 Å². The van der Waals surface area contributed by atoms with Crippen molar-refractivity contribution in [3.8, 4) is 22.3 Å². The SMILES string of the molecule is CC1=C([SiH3])c2c(ccc(-c3ccccc3)c2-c2ccccc2)[C]1(C)[Ti].Cl.Cl.Cl. The largest absolute Gasteiger partial charge is 0.147 e. The van der Waals surface area contributed by atoms with Crippen molar-refractivity contribution in [1.29, 1.82) is 0 Å². The standard InChI is InChI=1S/C23H21Si.3ClH.Ti/c1-15-16(2)23(24)22-19(15)13-14-20(17-9-5-3-6-10-17)21(22)18-11-7-4-8-12-18;;;;/h3-14H,1-2,24H3;3*1H;. The van der Waals surface area contributed by atoms with Crippen LogP contribution in [0.1, 0.15) is 25.0 Å². The summed E-state index contributed by atoms with van der Waals surface area (Å²) in [5, 5.41) is 1.57. The van der Waals surface area contributed by atoms with Crippen molar-refractivity contribution in [2.45, 2.75) is 17.6 Å². The molecule has 0 heterocycles. The van der Waals surface area contributed by atoms with E-state index < -0.39 is 0 Å². The fourth-order valence-corrected chi connectivity index (χ4v) is 5.96. The zero-order chi connectivity index (χ0) is 17.6. The van der Waals surface area contributed by atoms with E-state index in [2.05, 4.69) is 107 Å². The van der Waals surface area contributed by atoms with Crippen LogP contribution in [0.4, 0.5) is 0 Å². The fourth-order valence-electron chi connectivity index (χ4n) is 3.94. The Morgan fingerprint density at radius 3 is 1.75 bits per heavy atom. The third-order valence-electron chi connectivity index (χ3n) is 5.58. The van der Waals surface area contributed by atoms with Crippen LogP contribution >= 0.6 is 37.2 Å². The van der Waals surface area contributed by atoms with Crippen LogP contribution in [0, 0.1) is 0 Å². The molecule has 0 amide bonds. The molecule has 145 valence electrons. The van der Waals surface area contributed by atoms with E-state index in [1.54, 1.807) is 5.20 Å². The van der Waals surface area contributed by atoms with Crippen LogP contribution in [0.5, 0.6) is 0 Å². The van der Waals surface area contributed by atoms with Gasteiger partial charge in [-0.2, -0.15) is 0 Å². The number of allylic oxidation sites excluding steroid dienone is 1. The molecule has 3 aromatic carbocycles. The quantitative estimate of drug-likeness (QED) is 0.384. The van der Waals surface area contributed by atoms with Crippen molar-refractivity contribution in [3.63, 3.8) is 0 Å². The molecule has 4 rings (SSSR count). The molecule has 1 atom stereocenters. The Bertz CT molecular complexity index is 983. The van der Waals surface area contributed by atoms with Crippen molar-refractivity contribution >= 4 is 52.7 Å². The van der Waals surface area contributed by atoms with Gasteiger partial charge in [-0.3, -0.25) is 0 Å². The Balaban J connectivity index is 0.00000131. The maximum absolute atomic E-state index is 2.36. The van der Waals surface area contributed by atoms with Crippen molar-refractivity contribution in [3.05, 3.63) is 89.5 Å². The molecule has 0 aliphatic heterocycles. The van der Waals surface area contributed by atoms with E-state index in [9.17, 15) is 0 Å². The minimum Gasteiger partial charge on any atom is -0.147 e. The Morgan fingerprint density at radius 2 is 1.21 bits per heavy atom. The molecule has 0 nitrogen and oxygen atoms in total. The maximum Gasteiger partial charge on any atom is -0.147 e. The van der Waals surface area contributed by atoms with Crippen LogP contribution < -0.4 is 0 Å². The summed E-state index contributed by atoms with van der Waals surface area (Å²) >= 11 is 2.36. The minimum absolute atomic E-state index is 0. The Labute approximate surface area is 201 Å². The Morgan fingerprint density at radius 1 is 0.714 bits per heavy atom. The number of rotatable bonds is 2. The van der Waals surface area contributed by atoms with Gasteiger partial charge in [0.2, 0.25) is 0 Å². The number of halogens is 3. The van der Waals surface area contributed by atoms with E-state index in [0.717, 1.165) is 10.2 Å². The first kappa shape index (κ1) is 25.2. The second-order valence-corrected chi connectivity index (χ2v) is 9.58. The van der Waals surface area contributed by atoms with Gasteiger partial charge in [0.15, 0.2) is 0 Å². The molecular formula is C23H24Cl3SiTi. The number of hydrogen-bond acceptors (Lipinski definition) is 0. The summed E-state index contributed by atoms with van der Waals surface area (Å²) in [4.78, 5) is 0. The van der Waals surface area contributed by atoms with Crippen molar-refractivity contribution < 1.29 is 20.4 Å². The molecule has 3 aromatic rings. The molecule has 1 unspecified atom stereocenters. The van der Waals surface area contributed by atoms with Crippen molar-refractivity contribution in [2.75, 3.05) is 0 Å². The van der Waals surface area contributed by atoms with Crippen molar-refractivity contribution in [2.24, 2.45) is 0 Å². The molecule has 0 spiro atoms. The molecule has 0 aromatic heterocycles. The smallest absolute Gasteiger partial charge is 0.147 e. The summed E-state index contributed by atoms with van der Waals surface area (Å²) in [7, 11) is 1.07. The van der Waals surface area contributed by atoms with Crippen LogP contribution in [0.25, 0.3) is 27.5 Å². The third kappa shape index (κ3) is 4.07. The predicted octanol–water partition coefficient (Wildman–Crippen LogP) is 6.16. The molecule has 0 saturated carbocycles. The third-order valence-corrected chi connectivity index (χ3v) is 7.83. The van der Waals surface area contributed by atoms with Gasteiger partial charge in [0.05, 0.1) is 0 Å². The fraction of sp³-hybridized carbons (Fsp3) is 0.130. The van der Waals surface area contributed by atoms with E-state index >= 15 is 0 Å². The maximum atomic E-state index is 2.36. The van der Waals surface area contributed by atoms with Crippen LogP contribution in [0.3, 0.4) is 0 Å². The van der Waals surface area contributed by atoms with Gasteiger partial charge in [0, 0.05) is 0 Å². The van der Waals surface area contributed by atoms with E-state index in [1.807, 2.05) is 0 Å². The first-order valence-electron chi connectivity index (χ1n) is 8.73. The predicted molar refractivity (Wildman–Crippen MR) is 129 cm³/mol. The molecule has 5 heteroatoms. The van der Waals surface area contributed by atoms with Crippen LogP contribution in [0.2, 0.25) is 0 Å². The van der Waals surface area contributed by atoms with E-state index in [0.29, 0.717) is 0 Å². The summed E-state index contributed by atoms with van der Waals surface area (Å²) in [5.74, 6) is 0. The normalized spacial score (nSPS) is 17.2. The van der Waals surface area contributed by atoms with Crippen molar-refractivity contribution in [1.82, 2.24) is 0 Å². The second kappa shape index (κ2) is 9.80. The minimum atomic E-state index is 0. The average Bonchev–Trinajstić information content (AvgIpc) is 2.83. The van der Waals surface area contributed by atoms with Gasteiger partial charge in [0.1, 0.15) is 0 Å². The Hall–Kier alpha value is -0.799. The number of benzene rings is 3. The van der Waals surface area contributed by atoms with Crippen LogP contribution in [-0.4, -0.2) is 10.2 Å². The summed E-state index contributed by atoms with van der Waals surface area (Å²) < 4.78 is 0.130. The first-order chi connectivity index (χ1) is 12.0. The van der Waals surface area contributed by atoms with Gasteiger partial charge < -0.3 is 0 Å². The second-order valence-electron chi connectivity index (χ2n) is 7.02. The van der Waals surface area contributed by atoms with Gasteiger partial charge in [-0.05, 0) is 0 Å². The molecular weight excluding hydrogens is 459 g/mol. The number of fused-ring (bicyclic) bond motifs is 1. The van der Waals surface area contributed by atoms with Gasteiger partial charge in [0.25, 0.3) is 0 Å². The molecule has 0 radical (unpaired) electrons. The monoisotopic (exact) mass is 481 g/mol. The van der Waals surface area contributed by atoms with Crippen LogP contribution in [-0.2, 0) is 24.2 Å². The van der Waals surface area contributed by atoms with E-state index in [4.69, 9.17) is 0 Å². The van der Waals surface area contributed by atoms with Gasteiger partial charge in [-0.1, -0.05) is 0 Å². The molecule has 0 N–H and O–H groups in total. The molecule has 1 aliphatic carbocycles. The van der Waals surface area contributed by atoms with E-state index in [1.165, 1.54) is 39.0 Å². The van der Waals surface area contributed by atoms with Gasteiger partial charge >= 0.3 is 165 Å². The average molecular weight is 483 g/mol. The summed E-state index contributed by atoms with van der Waals surface area (Å²) in [6, 6.07) is 26.4. The molecule has 0 fully saturated rings. The molecule has 0 bridgehead atoms. The molecule has 28 heavy (non-hydrogen) atoms. The molecule has 1 aliphatic rings. The zero-order valence-corrected chi connectivity index (χ0v) is 22.2. The van der Waals surface area contributed by atoms with Crippen LogP contribution in [0.15, 0.2) is 78.4 Å². The first-order valence-corrected chi connectivity index (χ1v) is 10.5. The molecule has 0 saturated heterocycles. The zero-order valence-electron chi connectivity index (χ0n) is 16.2. The summed E-state index contributed by atoms with van der Waals surface area (Å²) in [6.07, 6.45) is 0.